The average Bonchev–Trinajstić information content (AvgIpc) is 2.26. The van der Waals surface area contributed by atoms with Crippen LogP contribution >= 0.6 is 0 Å². The van der Waals surface area contributed by atoms with E-state index in [1.807, 2.05) is 20.8 Å². The third-order valence-corrected chi connectivity index (χ3v) is 2.15. The molecule has 3 N–H and O–H groups in total. The molecule has 0 spiro atoms. The number of benzene rings is 1. The van der Waals surface area contributed by atoms with Gasteiger partial charge in [0.1, 0.15) is 5.60 Å². The first kappa shape index (κ1) is 13.7. The molecule has 0 aliphatic rings. The monoisotopic (exact) mass is 237 g/mol. The molecule has 4 nitrogen and oxygen atoms in total. The lowest BCUT2D eigenvalue weighted by atomic mass is 10.1. The Morgan fingerprint density at radius 3 is 2.29 bits per heavy atom. The minimum atomic E-state index is -0.692. The number of carbonyl (C=O) groups excluding carboxylic acids is 1. The van der Waals surface area contributed by atoms with E-state index < -0.39 is 11.7 Å². The first-order chi connectivity index (χ1) is 7.83. The minimum Gasteiger partial charge on any atom is -0.456 e. The minimum absolute atomic E-state index is 0.159. The Morgan fingerprint density at radius 2 is 1.88 bits per heavy atom. The molecule has 0 heterocycles. The van der Waals surface area contributed by atoms with Crippen molar-refractivity contribution in [2.24, 2.45) is 5.73 Å². The third kappa shape index (κ3) is 4.17. The Labute approximate surface area is 101 Å². The summed E-state index contributed by atoms with van der Waals surface area (Å²) in [5.74, 6) is -0.369. The zero-order valence-electron chi connectivity index (χ0n) is 10.4. The smallest absolute Gasteiger partial charge is 0.338 e. The summed E-state index contributed by atoms with van der Waals surface area (Å²) in [4.78, 5) is 11.7. The highest BCUT2D eigenvalue weighted by Gasteiger charge is 2.17. The first-order valence-corrected chi connectivity index (χ1v) is 5.55. The molecule has 1 aromatic rings. The Hall–Kier alpha value is -1.39. The zero-order chi connectivity index (χ0) is 13.1. The third-order valence-electron chi connectivity index (χ3n) is 2.15. The van der Waals surface area contributed by atoms with Crippen molar-refractivity contribution < 1.29 is 14.6 Å². The van der Waals surface area contributed by atoms with Gasteiger partial charge >= 0.3 is 5.97 Å². The Bertz CT molecular complexity index is 379. The zero-order valence-corrected chi connectivity index (χ0v) is 10.4. The predicted molar refractivity (Wildman–Crippen MR) is 65.6 cm³/mol. The van der Waals surface area contributed by atoms with Crippen LogP contribution in [0.3, 0.4) is 0 Å². The van der Waals surface area contributed by atoms with E-state index in [0.717, 1.165) is 0 Å². The lowest BCUT2D eigenvalue weighted by molar-refractivity contribution is 0.00694. The number of hydrogen-bond donors (Lipinski definition) is 2. The molecule has 0 unspecified atom stereocenters. The number of carbonyl (C=O) groups is 1. The lowest BCUT2D eigenvalue weighted by Crippen LogP contribution is -2.23. The summed E-state index contributed by atoms with van der Waals surface area (Å²) in [5.41, 5.74) is 6.00. The van der Waals surface area contributed by atoms with Crippen molar-refractivity contribution in [1.82, 2.24) is 0 Å². The normalized spacial score (nSPS) is 13.2. The van der Waals surface area contributed by atoms with Crippen LogP contribution in [0.5, 0.6) is 0 Å². The van der Waals surface area contributed by atoms with Gasteiger partial charge < -0.3 is 15.6 Å². The topological polar surface area (TPSA) is 72.5 Å². The van der Waals surface area contributed by atoms with Crippen molar-refractivity contribution in [2.45, 2.75) is 32.5 Å². The SMILES string of the molecule is CC(C)(C)OC(=O)c1ccc([C@H](O)CN)cc1. The summed E-state index contributed by atoms with van der Waals surface area (Å²) in [5, 5.41) is 9.50. The van der Waals surface area contributed by atoms with E-state index in [2.05, 4.69) is 0 Å². The van der Waals surface area contributed by atoms with Crippen molar-refractivity contribution in [3.63, 3.8) is 0 Å². The van der Waals surface area contributed by atoms with Gasteiger partial charge in [0.25, 0.3) is 0 Å². The highest BCUT2D eigenvalue weighted by Crippen LogP contribution is 2.15. The predicted octanol–water partition coefficient (Wildman–Crippen LogP) is 1.63. The Balaban J connectivity index is 2.77. The molecule has 0 bridgehead atoms. The molecule has 4 heteroatoms. The van der Waals surface area contributed by atoms with Crippen molar-refractivity contribution in [3.8, 4) is 0 Å². The summed E-state index contributed by atoms with van der Waals surface area (Å²) in [6.45, 7) is 5.61. The second-order valence-corrected chi connectivity index (χ2v) is 4.88. The maximum atomic E-state index is 11.7. The van der Waals surface area contributed by atoms with E-state index in [9.17, 15) is 9.90 Å². The summed E-state index contributed by atoms with van der Waals surface area (Å²) in [6, 6.07) is 6.61. The number of nitrogens with two attached hydrogens (primary N) is 1. The molecule has 0 amide bonds. The van der Waals surface area contributed by atoms with Gasteiger partial charge in [0.15, 0.2) is 0 Å². The number of hydrogen-bond acceptors (Lipinski definition) is 4. The standard InChI is InChI=1S/C13H19NO3/c1-13(2,3)17-12(16)10-6-4-9(5-7-10)11(15)8-14/h4-7,11,15H,8,14H2,1-3H3/t11-/m1/s1. The maximum absolute atomic E-state index is 11.7. The van der Waals surface area contributed by atoms with Crippen LogP contribution in [0, 0.1) is 0 Å². The molecule has 1 atom stereocenters. The molecule has 0 radical (unpaired) electrons. The summed E-state index contributed by atoms with van der Waals surface area (Å²) in [7, 11) is 0. The van der Waals surface area contributed by atoms with Crippen molar-refractivity contribution in [3.05, 3.63) is 35.4 Å². The van der Waals surface area contributed by atoms with E-state index >= 15 is 0 Å². The van der Waals surface area contributed by atoms with Gasteiger partial charge in [-0.2, -0.15) is 0 Å². The van der Waals surface area contributed by atoms with Gasteiger partial charge in [-0.25, -0.2) is 4.79 Å². The number of rotatable bonds is 3. The van der Waals surface area contributed by atoms with Crippen LogP contribution in [-0.2, 0) is 4.74 Å². The van der Waals surface area contributed by atoms with Crippen LogP contribution in [0.25, 0.3) is 0 Å². The second-order valence-electron chi connectivity index (χ2n) is 4.88. The fraction of sp³-hybridized carbons (Fsp3) is 0.462. The average molecular weight is 237 g/mol. The molecular weight excluding hydrogens is 218 g/mol. The van der Waals surface area contributed by atoms with E-state index in [1.165, 1.54) is 0 Å². The molecule has 0 aromatic heterocycles. The highest BCUT2D eigenvalue weighted by atomic mass is 16.6. The second kappa shape index (κ2) is 5.29. The van der Waals surface area contributed by atoms with Crippen LogP contribution in [0.2, 0.25) is 0 Å². The summed E-state index contributed by atoms with van der Waals surface area (Å²) in [6.07, 6.45) is -0.692. The number of aliphatic hydroxyl groups excluding tert-OH is 1. The van der Waals surface area contributed by atoms with Gasteiger partial charge in [-0.15, -0.1) is 0 Å². The van der Waals surface area contributed by atoms with E-state index in [0.29, 0.717) is 11.1 Å². The maximum Gasteiger partial charge on any atom is 0.338 e. The van der Waals surface area contributed by atoms with Crippen molar-refractivity contribution >= 4 is 5.97 Å². The fourth-order valence-corrected chi connectivity index (χ4v) is 1.31. The first-order valence-electron chi connectivity index (χ1n) is 5.55. The summed E-state index contributed by atoms with van der Waals surface area (Å²) < 4.78 is 5.22. The fourth-order valence-electron chi connectivity index (χ4n) is 1.31. The van der Waals surface area contributed by atoms with Crippen LogP contribution < -0.4 is 5.73 Å². The number of esters is 1. The Morgan fingerprint density at radius 1 is 1.35 bits per heavy atom. The molecule has 1 aromatic carbocycles. The van der Waals surface area contributed by atoms with Crippen LogP contribution in [-0.4, -0.2) is 23.2 Å². The number of aliphatic hydroxyl groups is 1. The van der Waals surface area contributed by atoms with E-state index in [4.69, 9.17) is 10.5 Å². The highest BCUT2D eigenvalue weighted by molar-refractivity contribution is 5.89. The number of ether oxygens (including phenoxy) is 1. The molecule has 0 fully saturated rings. The van der Waals surface area contributed by atoms with Crippen LogP contribution in [0.15, 0.2) is 24.3 Å². The molecular formula is C13H19NO3. The van der Waals surface area contributed by atoms with Crippen LogP contribution in [0.1, 0.15) is 42.8 Å². The van der Waals surface area contributed by atoms with Crippen molar-refractivity contribution in [2.75, 3.05) is 6.54 Å². The van der Waals surface area contributed by atoms with Gasteiger partial charge in [-0.05, 0) is 38.5 Å². The van der Waals surface area contributed by atoms with Gasteiger partial charge in [0, 0.05) is 6.54 Å². The van der Waals surface area contributed by atoms with Gasteiger partial charge in [0.2, 0.25) is 0 Å². The van der Waals surface area contributed by atoms with Crippen LogP contribution in [0.4, 0.5) is 0 Å². The quantitative estimate of drug-likeness (QED) is 0.784. The van der Waals surface area contributed by atoms with E-state index in [1.54, 1.807) is 24.3 Å². The molecule has 0 saturated carbocycles. The van der Waals surface area contributed by atoms with Gasteiger partial charge in [-0.1, -0.05) is 12.1 Å². The summed E-state index contributed by atoms with van der Waals surface area (Å²) >= 11 is 0. The molecule has 1 rings (SSSR count). The van der Waals surface area contributed by atoms with Crippen molar-refractivity contribution in [1.29, 1.82) is 0 Å². The van der Waals surface area contributed by atoms with E-state index in [-0.39, 0.29) is 12.5 Å². The molecule has 94 valence electrons. The lowest BCUT2D eigenvalue weighted by Gasteiger charge is -2.19. The molecule has 0 aliphatic carbocycles. The largest absolute Gasteiger partial charge is 0.456 e. The Kier molecular flexibility index (Phi) is 4.26. The van der Waals surface area contributed by atoms with Gasteiger partial charge in [-0.3, -0.25) is 0 Å². The molecule has 0 aliphatic heterocycles. The van der Waals surface area contributed by atoms with Gasteiger partial charge in [0.05, 0.1) is 11.7 Å². The molecule has 17 heavy (non-hydrogen) atoms. The molecule has 0 saturated heterocycles.